The summed E-state index contributed by atoms with van der Waals surface area (Å²) in [6.45, 7) is 9.03. The first kappa shape index (κ1) is 17.7. The normalized spacial score (nSPS) is 16.0. The van der Waals surface area contributed by atoms with E-state index in [0.29, 0.717) is 11.5 Å². The van der Waals surface area contributed by atoms with Gasteiger partial charge in [0, 0.05) is 31.5 Å². The summed E-state index contributed by atoms with van der Waals surface area (Å²) in [4.78, 5) is 12.4. The molecule has 0 spiro atoms. The van der Waals surface area contributed by atoms with Crippen LogP contribution >= 0.6 is 0 Å². The van der Waals surface area contributed by atoms with E-state index in [1.165, 1.54) is 5.56 Å². The molecule has 1 saturated heterocycles. The Kier molecular flexibility index (Phi) is 5.23. The van der Waals surface area contributed by atoms with Gasteiger partial charge >= 0.3 is 0 Å². The number of ether oxygens (including phenoxy) is 1. The second kappa shape index (κ2) is 7.40. The van der Waals surface area contributed by atoms with E-state index >= 15 is 0 Å². The molecular weight excluding hydrogens is 314 g/mol. The van der Waals surface area contributed by atoms with Crippen LogP contribution < -0.4 is 5.32 Å². The molecule has 1 aliphatic rings. The van der Waals surface area contributed by atoms with E-state index in [9.17, 15) is 4.79 Å². The highest BCUT2D eigenvalue weighted by atomic mass is 16.5. The predicted molar refractivity (Wildman–Crippen MR) is 98.9 cm³/mol. The Balaban J connectivity index is 1.59. The molecule has 1 N–H and O–H groups in total. The van der Waals surface area contributed by atoms with E-state index in [0.717, 1.165) is 38.3 Å². The van der Waals surface area contributed by atoms with Crippen molar-refractivity contribution in [3.05, 3.63) is 47.8 Å². The fraction of sp³-hybridized carbons (Fsp3) is 0.500. The number of benzene rings is 1. The molecular formula is C20H27N3O2. The van der Waals surface area contributed by atoms with Crippen molar-refractivity contribution < 1.29 is 9.53 Å². The van der Waals surface area contributed by atoms with Gasteiger partial charge in [-0.25, -0.2) is 0 Å². The van der Waals surface area contributed by atoms with Gasteiger partial charge in [0.15, 0.2) is 0 Å². The van der Waals surface area contributed by atoms with Crippen LogP contribution in [0.4, 0.5) is 5.69 Å². The minimum absolute atomic E-state index is 0.0836. The van der Waals surface area contributed by atoms with Crippen molar-refractivity contribution in [3.8, 4) is 0 Å². The number of hydrogen-bond acceptors (Lipinski definition) is 3. The zero-order valence-corrected chi connectivity index (χ0v) is 15.3. The largest absolute Gasteiger partial charge is 0.381 e. The lowest BCUT2D eigenvalue weighted by molar-refractivity contribution is 0.0601. The van der Waals surface area contributed by atoms with Gasteiger partial charge in [0.05, 0.1) is 11.9 Å². The van der Waals surface area contributed by atoms with Crippen molar-refractivity contribution in [2.45, 2.75) is 45.6 Å². The van der Waals surface area contributed by atoms with Crippen molar-refractivity contribution in [1.82, 2.24) is 9.78 Å². The smallest absolute Gasteiger partial charge is 0.255 e. The average Bonchev–Trinajstić information content (AvgIpc) is 3.02. The number of nitrogens with one attached hydrogen (secondary N) is 1. The van der Waals surface area contributed by atoms with Crippen LogP contribution in [-0.2, 0) is 16.7 Å². The molecule has 5 nitrogen and oxygen atoms in total. The molecule has 1 fully saturated rings. The van der Waals surface area contributed by atoms with Gasteiger partial charge in [-0.1, -0.05) is 32.9 Å². The maximum absolute atomic E-state index is 12.4. The van der Waals surface area contributed by atoms with Crippen LogP contribution in [0.3, 0.4) is 0 Å². The molecule has 134 valence electrons. The lowest BCUT2D eigenvalue weighted by Gasteiger charge is -2.21. The Morgan fingerprint density at radius 3 is 2.56 bits per heavy atom. The van der Waals surface area contributed by atoms with Gasteiger partial charge in [0.2, 0.25) is 0 Å². The second-order valence-corrected chi connectivity index (χ2v) is 7.79. The summed E-state index contributed by atoms with van der Waals surface area (Å²) < 4.78 is 7.30. The standard InChI is InChI=1S/C20H27N3O2/c1-20(2,3)17-6-4-16(5-7-17)19(24)22-18-12-21-23(14-18)13-15-8-10-25-11-9-15/h4-7,12,14-15H,8-11,13H2,1-3H3,(H,22,24). The molecule has 3 rings (SSSR count). The first-order valence-corrected chi connectivity index (χ1v) is 8.94. The number of anilines is 1. The van der Waals surface area contributed by atoms with Gasteiger partial charge in [-0.2, -0.15) is 5.10 Å². The molecule has 0 radical (unpaired) electrons. The number of aromatic nitrogens is 2. The number of carbonyl (C=O) groups is 1. The molecule has 1 amide bonds. The van der Waals surface area contributed by atoms with Crippen molar-refractivity contribution in [2.24, 2.45) is 5.92 Å². The molecule has 1 aromatic heterocycles. The lowest BCUT2D eigenvalue weighted by atomic mass is 9.87. The van der Waals surface area contributed by atoms with E-state index in [1.54, 1.807) is 6.20 Å². The minimum atomic E-state index is -0.105. The van der Waals surface area contributed by atoms with Crippen LogP contribution in [0.2, 0.25) is 0 Å². The molecule has 2 aromatic rings. The Bertz CT molecular complexity index is 707. The van der Waals surface area contributed by atoms with E-state index in [2.05, 4.69) is 31.2 Å². The first-order chi connectivity index (χ1) is 11.9. The van der Waals surface area contributed by atoms with Crippen molar-refractivity contribution in [2.75, 3.05) is 18.5 Å². The van der Waals surface area contributed by atoms with Gasteiger partial charge in [0.1, 0.15) is 0 Å². The third-order valence-corrected chi connectivity index (χ3v) is 4.69. The number of carbonyl (C=O) groups excluding carboxylic acids is 1. The van der Waals surface area contributed by atoms with Crippen LogP contribution in [0.15, 0.2) is 36.7 Å². The number of hydrogen-bond donors (Lipinski definition) is 1. The molecule has 0 atom stereocenters. The van der Waals surface area contributed by atoms with Gasteiger partial charge in [-0.05, 0) is 41.9 Å². The Hall–Kier alpha value is -2.14. The summed E-state index contributed by atoms with van der Waals surface area (Å²) >= 11 is 0. The highest BCUT2D eigenvalue weighted by molar-refractivity contribution is 6.04. The summed E-state index contributed by atoms with van der Waals surface area (Å²) in [6.07, 6.45) is 5.75. The van der Waals surface area contributed by atoms with Gasteiger partial charge < -0.3 is 10.1 Å². The molecule has 2 heterocycles. The van der Waals surface area contributed by atoms with Crippen LogP contribution in [0.25, 0.3) is 0 Å². The lowest BCUT2D eigenvalue weighted by Crippen LogP contribution is -2.20. The number of rotatable bonds is 4. The molecule has 0 unspecified atom stereocenters. The average molecular weight is 341 g/mol. The quantitative estimate of drug-likeness (QED) is 0.919. The van der Waals surface area contributed by atoms with E-state index in [-0.39, 0.29) is 11.3 Å². The minimum Gasteiger partial charge on any atom is -0.381 e. The third kappa shape index (κ3) is 4.69. The predicted octanol–water partition coefficient (Wildman–Crippen LogP) is 3.86. The van der Waals surface area contributed by atoms with Gasteiger partial charge in [-0.15, -0.1) is 0 Å². The van der Waals surface area contributed by atoms with Gasteiger partial charge in [-0.3, -0.25) is 9.48 Å². The fourth-order valence-corrected chi connectivity index (χ4v) is 3.05. The molecule has 25 heavy (non-hydrogen) atoms. The molecule has 0 bridgehead atoms. The number of amides is 1. The third-order valence-electron chi connectivity index (χ3n) is 4.69. The Morgan fingerprint density at radius 2 is 1.92 bits per heavy atom. The summed E-state index contributed by atoms with van der Waals surface area (Å²) in [7, 11) is 0. The highest BCUT2D eigenvalue weighted by Gasteiger charge is 2.16. The van der Waals surface area contributed by atoms with E-state index in [4.69, 9.17) is 4.74 Å². The Labute approximate surface area is 149 Å². The SMILES string of the molecule is CC(C)(C)c1ccc(C(=O)Nc2cnn(CC3CCOCC3)c2)cc1. The van der Waals surface area contributed by atoms with Crippen LogP contribution in [-0.4, -0.2) is 28.9 Å². The molecule has 0 aliphatic carbocycles. The van der Waals surface area contributed by atoms with Crippen molar-refractivity contribution in [3.63, 3.8) is 0 Å². The zero-order chi connectivity index (χ0) is 17.9. The monoisotopic (exact) mass is 341 g/mol. The summed E-state index contributed by atoms with van der Waals surface area (Å²) in [5.41, 5.74) is 2.69. The van der Waals surface area contributed by atoms with Crippen molar-refractivity contribution in [1.29, 1.82) is 0 Å². The Morgan fingerprint density at radius 1 is 1.24 bits per heavy atom. The van der Waals surface area contributed by atoms with E-state index in [1.807, 2.05) is 35.1 Å². The fourth-order valence-electron chi connectivity index (χ4n) is 3.05. The summed E-state index contributed by atoms with van der Waals surface area (Å²) in [5.74, 6) is 0.494. The van der Waals surface area contributed by atoms with Crippen LogP contribution in [0.5, 0.6) is 0 Å². The maximum atomic E-state index is 12.4. The number of nitrogens with zero attached hydrogens (tertiary/aromatic N) is 2. The highest BCUT2D eigenvalue weighted by Crippen LogP contribution is 2.22. The first-order valence-electron chi connectivity index (χ1n) is 8.94. The topological polar surface area (TPSA) is 56.2 Å². The molecule has 1 aliphatic heterocycles. The molecule has 5 heteroatoms. The zero-order valence-electron chi connectivity index (χ0n) is 15.3. The van der Waals surface area contributed by atoms with E-state index < -0.39 is 0 Å². The van der Waals surface area contributed by atoms with Crippen LogP contribution in [0, 0.1) is 5.92 Å². The summed E-state index contributed by atoms with van der Waals surface area (Å²) in [5, 5.41) is 7.29. The second-order valence-electron chi connectivity index (χ2n) is 7.79. The van der Waals surface area contributed by atoms with Gasteiger partial charge in [0.25, 0.3) is 5.91 Å². The van der Waals surface area contributed by atoms with Crippen molar-refractivity contribution >= 4 is 11.6 Å². The maximum Gasteiger partial charge on any atom is 0.255 e. The molecule has 0 saturated carbocycles. The molecule has 1 aromatic carbocycles. The van der Waals surface area contributed by atoms with Crippen LogP contribution in [0.1, 0.15) is 49.5 Å². The summed E-state index contributed by atoms with van der Waals surface area (Å²) in [6, 6.07) is 7.79.